The van der Waals surface area contributed by atoms with Crippen molar-refractivity contribution in [2.24, 2.45) is 0 Å². The van der Waals surface area contributed by atoms with E-state index < -0.39 is 5.97 Å². The number of ether oxygens (including phenoxy) is 2. The van der Waals surface area contributed by atoms with Gasteiger partial charge in [-0.15, -0.1) is 45.3 Å². The standard InChI is InChI=1S/C19H18BrClN2O2S2.C13H13BrClNS.C6H6BrNO2S/c1-9(2)16-15(11-5-6-12(21)10(3)7-11)23-19(27-16)22-13-8-14(20)26-17(13)18(24)25-4;1-7(2)12-11(16-13(14)17-12)9-4-5-10(15)8(3)6-9;1-10-6(9)5-3(8)2-4(7)11-5/h5-9H,1-4H3,(H,22,23);4-7H,1-3H3;2H,8H2,1H3. The molecule has 55 heavy (non-hydrogen) atoms. The molecule has 0 aliphatic heterocycles. The number of hydrogen-bond acceptors (Lipinski definition) is 12. The number of methoxy groups -OCH3 is 2. The van der Waals surface area contributed by atoms with Crippen LogP contribution in [0.3, 0.4) is 0 Å². The molecular formula is C38H37Br3Cl2N4O4S4. The van der Waals surface area contributed by atoms with E-state index in [2.05, 4.69) is 96.6 Å². The zero-order valence-corrected chi connectivity index (χ0v) is 40.4. The molecule has 2 aromatic carbocycles. The van der Waals surface area contributed by atoms with Crippen LogP contribution >= 0.6 is 116 Å². The maximum Gasteiger partial charge on any atom is 0.350 e. The van der Waals surface area contributed by atoms with Crippen molar-refractivity contribution in [2.45, 2.75) is 53.4 Å². The number of esters is 2. The van der Waals surface area contributed by atoms with Crippen LogP contribution < -0.4 is 11.1 Å². The highest BCUT2D eigenvalue weighted by atomic mass is 79.9. The lowest BCUT2D eigenvalue weighted by molar-refractivity contribution is 0.0598. The van der Waals surface area contributed by atoms with Crippen LogP contribution in [0.2, 0.25) is 10.0 Å². The van der Waals surface area contributed by atoms with Crippen molar-refractivity contribution in [3.8, 4) is 22.5 Å². The van der Waals surface area contributed by atoms with E-state index in [4.69, 9.17) is 38.7 Å². The number of aromatic nitrogens is 2. The molecule has 4 aromatic heterocycles. The highest BCUT2D eigenvalue weighted by molar-refractivity contribution is 9.11. The molecule has 0 bridgehead atoms. The van der Waals surface area contributed by atoms with Crippen LogP contribution in [0.15, 0.2) is 60.0 Å². The number of rotatable bonds is 8. The first kappa shape index (κ1) is 45.4. The molecule has 17 heteroatoms. The normalized spacial score (nSPS) is 10.8. The van der Waals surface area contributed by atoms with E-state index in [1.165, 1.54) is 46.6 Å². The van der Waals surface area contributed by atoms with Gasteiger partial charge in [0.15, 0.2) is 9.05 Å². The fourth-order valence-electron chi connectivity index (χ4n) is 4.91. The van der Waals surface area contributed by atoms with Crippen LogP contribution in [0.4, 0.5) is 16.5 Å². The Morgan fingerprint density at radius 2 is 1.18 bits per heavy atom. The summed E-state index contributed by atoms with van der Waals surface area (Å²) in [6, 6.07) is 15.5. The van der Waals surface area contributed by atoms with E-state index in [9.17, 15) is 9.59 Å². The van der Waals surface area contributed by atoms with Crippen molar-refractivity contribution in [2.75, 3.05) is 25.3 Å². The number of anilines is 3. The van der Waals surface area contributed by atoms with Gasteiger partial charge in [0, 0.05) is 30.9 Å². The van der Waals surface area contributed by atoms with Crippen molar-refractivity contribution in [1.29, 1.82) is 0 Å². The molecule has 0 saturated heterocycles. The van der Waals surface area contributed by atoms with Gasteiger partial charge in [0.05, 0.1) is 44.6 Å². The smallest absolute Gasteiger partial charge is 0.350 e. The highest BCUT2D eigenvalue weighted by Crippen LogP contribution is 2.41. The van der Waals surface area contributed by atoms with Crippen molar-refractivity contribution in [3.63, 3.8) is 0 Å². The molecule has 0 atom stereocenters. The van der Waals surface area contributed by atoms with E-state index in [-0.39, 0.29) is 5.97 Å². The lowest BCUT2D eigenvalue weighted by Crippen LogP contribution is -2.01. The summed E-state index contributed by atoms with van der Waals surface area (Å²) >= 11 is 28.2. The molecule has 6 aromatic rings. The van der Waals surface area contributed by atoms with Gasteiger partial charge in [-0.3, -0.25) is 0 Å². The van der Waals surface area contributed by atoms with Gasteiger partial charge in [0.25, 0.3) is 0 Å². The number of nitrogens with zero attached hydrogens (tertiary/aromatic N) is 2. The monoisotopic (exact) mass is 1050 g/mol. The summed E-state index contributed by atoms with van der Waals surface area (Å²) in [6.45, 7) is 12.7. The fourth-order valence-corrected chi connectivity index (χ4v) is 10.6. The average Bonchev–Trinajstić information content (AvgIpc) is 3.92. The maximum absolute atomic E-state index is 12.0. The zero-order valence-electron chi connectivity index (χ0n) is 30.9. The Bertz CT molecular complexity index is 2300. The molecule has 3 N–H and O–H groups in total. The van der Waals surface area contributed by atoms with Gasteiger partial charge in [0.1, 0.15) is 9.75 Å². The number of hydrogen-bond donors (Lipinski definition) is 2. The predicted octanol–water partition coefficient (Wildman–Crippen LogP) is 14.8. The fraction of sp³-hybridized carbons (Fsp3) is 0.263. The molecule has 0 aliphatic carbocycles. The number of carbonyl (C=O) groups is 2. The first-order valence-electron chi connectivity index (χ1n) is 16.4. The van der Waals surface area contributed by atoms with Crippen LogP contribution in [0.25, 0.3) is 22.5 Å². The summed E-state index contributed by atoms with van der Waals surface area (Å²) in [7, 11) is 2.70. The van der Waals surface area contributed by atoms with E-state index >= 15 is 0 Å². The molecular weight excluding hydrogens is 1020 g/mol. The first-order chi connectivity index (χ1) is 25.9. The Kier molecular flexibility index (Phi) is 16.8. The van der Waals surface area contributed by atoms with Crippen molar-refractivity contribution < 1.29 is 19.1 Å². The molecule has 0 aliphatic rings. The SMILES string of the molecule is COC(=O)c1sc(Br)cc1N.COC(=O)c1sc(Br)cc1Nc1nc(-c2ccc(Cl)c(C)c2)c(C(C)C)s1.Cc1cc(-c2nc(Br)sc2C(C)C)ccc1Cl. The minimum atomic E-state index is -0.391. The van der Waals surface area contributed by atoms with Gasteiger partial charge < -0.3 is 20.5 Å². The Morgan fingerprint density at radius 3 is 1.65 bits per heavy atom. The summed E-state index contributed by atoms with van der Waals surface area (Å²) in [5.41, 5.74) is 12.9. The largest absolute Gasteiger partial charge is 0.465 e. The number of halogens is 5. The lowest BCUT2D eigenvalue weighted by Gasteiger charge is -2.06. The predicted molar refractivity (Wildman–Crippen MR) is 245 cm³/mol. The van der Waals surface area contributed by atoms with Crippen molar-refractivity contribution in [3.05, 3.63) is 101 Å². The summed E-state index contributed by atoms with van der Waals surface area (Å²) in [6.07, 6.45) is 0. The third-order valence-corrected chi connectivity index (χ3v) is 14.8. The van der Waals surface area contributed by atoms with Gasteiger partial charge in [-0.1, -0.05) is 63.0 Å². The molecule has 0 unspecified atom stereocenters. The first-order valence-corrected chi connectivity index (χ1v) is 22.8. The van der Waals surface area contributed by atoms with Gasteiger partial charge in [-0.2, -0.15) is 0 Å². The second kappa shape index (κ2) is 20.4. The lowest BCUT2D eigenvalue weighted by atomic mass is 10.0. The number of aryl methyl sites for hydroxylation is 2. The summed E-state index contributed by atoms with van der Waals surface area (Å²) < 4.78 is 12.0. The topological polar surface area (TPSA) is 116 Å². The molecule has 6 rings (SSSR count). The number of carbonyl (C=O) groups excluding carboxylic acids is 2. The van der Waals surface area contributed by atoms with Gasteiger partial charge in [-0.05, 0) is 121 Å². The van der Waals surface area contributed by atoms with Crippen LogP contribution in [0.1, 0.15) is 79.8 Å². The molecule has 0 radical (unpaired) electrons. The molecule has 4 heterocycles. The molecule has 0 amide bonds. The molecule has 0 spiro atoms. The van der Waals surface area contributed by atoms with E-state index in [1.54, 1.807) is 28.7 Å². The minimum Gasteiger partial charge on any atom is -0.465 e. The van der Waals surface area contributed by atoms with E-state index in [1.807, 2.05) is 50.2 Å². The van der Waals surface area contributed by atoms with E-state index in [0.717, 1.165) is 60.3 Å². The van der Waals surface area contributed by atoms with Crippen LogP contribution in [-0.2, 0) is 9.47 Å². The molecule has 8 nitrogen and oxygen atoms in total. The Labute approximate surface area is 372 Å². The van der Waals surface area contributed by atoms with Gasteiger partial charge in [-0.25, -0.2) is 19.6 Å². The van der Waals surface area contributed by atoms with Crippen molar-refractivity contribution >= 4 is 145 Å². The van der Waals surface area contributed by atoms with Crippen LogP contribution in [0, 0.1) is 13.8 Å². The number of benzene rings is 2. The number of nitrogens with two attached hydrogens (primary N) is 1. The Balaban J connectivity index is 0.000000204. The van der Waals surface area contributed by atoms with Crippen LogP contribution in [0.5, 0.6) is 0 Å². The Hall–Kier alpha value is -2.34. The summed E-state index contributed by atoms with van der Waals surface area (Å²) in [4.78, 5) is 35.7. The maximum atomic E-state index is 12.0. The third-order valence-electron chi connectivity index (χ3n) is 7.61. The highest BCUT2D eigenvalue weighted by Gasteiger charge is 2.21. The minimum absolute atomic E-state index is 0.318. The quantitative estimate of drug-likeness (QED) is 0.145. The zero-order chi connectivity index (χ0) is 40.7. The van der Waals surface area contributed by atoms with Crippen LogP contribution in [-0.4, -0.2) is 36.1 Å². The second-order valence-corrected chi connectivity index (χ2v) is 21.4. The van der Waals surface area contributed by atoms with Gasteiger partial charge >= 0.3 is 11.9 Å². The molecule has 292 valence electrons. The Morgan fingerprint density at radius 1 is 0.709 bits per heavy atom. The average molecular weight is 1050 g/mol. The van der Waals surface area contributed by atoms with Gasteiger partial charge in [0.2, 0.25) is 0 Å². The van der Waals surface area contributed by atoms with E-state index in [0.29, 0.717) is 33.0 Å². The number of thiazole rings is 2. The summed E-state index contributed by atoms with van der Waals surface area (Å²) in [5, 5.41) is 5.55. The number of thiophene rings is 2. The molecule has 0 fully saturated rings. The molecule has 0 saturated carbocycles. The second-order valence-electron chi connectivity index (χ2n) is 12.4. The number of nitrogens with one attached hydrogen (secondary N) is 1. The third kappa shape index (κ3) is 11.9. The van der Waals surface area contributed by atoms with Crippen molar-refractivity contribution in [1.82, 2.24) is 9.97 Å². The summed E-state index contributed by atoms with van der Waals surface area (Å²) in [5.74, 6) is 0.0312. The number of nitrogen functional groups attached to an aromatic ring is 1.